The van der Waals surface area contributed by atoms with E-state index in [0.717, 1.165) is 19.3 Å². The molecule has 0 rings (SSSR count). The van der Waals surface area contributed by atoms with Crippen LogP contribution in [0.5, 0.6) is 0 Å². The molecule has 0 aliphatic rings. The molecular weight excluding hydrogens is 242 g/mol. The smallest absolute Gasteiger partial charge is 0.380 e. The summed E-state index contributed by atoms with van der Waals surface area (Å²) in [6.07, 6.45) is 3.08. The van der Waals surface area contributed by atoms with E-state index >= 15 is 0 Å². The molecule has 0 spiro atoms. The van der Waals surface area contributed by atoms with Gasteiger partial charge in [0.05, 0.1) is 11.2 Å². The Morgan fingerprint density at radius 2 is 1.33 bits per heavy atom. The van der Waals surface area contributed by atoms with E-state index in [9.17, 15) is 0 Å². The van der Waals surface area contributed by atoms with Crippen LogP contribution in [0.1, 0.15) is 74.7 Å². The minimum atomic E-state index is -1.84. The molecule has 0 fully saturated rings. The monoisotopic (exact) mass is 275 g/mol. The summed E-state index contributed by atoms with van der Waals surface area (Å²) in [6, 6.07) is 0.446. The number of nitrogens with one attached hydrogen (secondary N) is 1. The minimum Gasteiger partial charge on any atom is -0.380 e. The van der Waals surface area contributed by atoms with Crippen LogP contribution in [0.25, 0.3) is 0 Å². The van der Waals surface area contributed by atoms with Gasteiger partial charge in [-0.05, 0) is 47.0 Å². The molecule has 0 aliphatic heterocycles. The molecule has 1 atom stereocenters. The van der Waals surface area contributed by atoms with E-state index < -0.39 is 9.45 Å². The third-order valence-electron chi connectivity index (χ3n) is 3.59. The summed E-state index contributed by atoms with van der Waals surface area (Å²) in [5, 5.41) is 0. The summed E-state index contributed by atoms with van der Waals surface area (Å²) in [5.41, 5.74) is -0.220. The molecule has 4 heteroatoms. The van der Waals surface area contributed by atoms with Gasteiger partial charge in [-0.15, -0.1) is 0 Å². The van der Waals surface area contributed by atoms with Crippen molar-refractivity contribution in [3.63, 3.8) is 0 Å². The van der Waals surface area contributed by atoms with Crippen LogP contribution < -0.4 is 4.98 Å². The highest BCUT2D eigenvalue weighted by Gasteiger charge is 2.30. The summed E-state index contributed by atoms with van der Waals surface area (Å²) >= 11 is 0. The lowest BCUT2D eigenvalue weighted by Gasteiger charge is -2.35. The summed E-state index contributed by atoms with van der Waals surface area (Å²) in [7, 11) is -1.84. The second kappa shape index (κ2) is 7.63. The van der Waals surface area contributed by atoms with Crippen LogP contribution in [0.4, 0.5) is 0 Å². The Hall–Kier alpha value is 0.0969. The van der Waals surface area contributed by atoms with Crippen molar-refractivity contribution < 1.29 is 8.85 Å². The van der Waals surface area contributed by atoms with Gasteiger partial charge in [-0.25, -0.2) is 0 Å². The Morgan fingerprint density at radius 1 is 0.944 bits per heavy atom. The van der Waals surface area contributed by atoms with Crippen molar-refractivity contribution in [3.05, 3.63) is 0 Å². The first-order chi connectivity index (χ1) is 8.15. The highest BCUT2D eigenvalue weighted by molar-refractivity contribution is 6.41. The van der Waals surface area contributed by atoms with Crippen molar-refractivity contribution in [1.82, 2.24) is 4.98 Å². The standard InChI is InChI=1S/C14H33NO2Si/c1-9-12(4)15-18(16-13(5,6)10-2)17-14(7,8)11-3/h12,15,18H,9-11H2,1-8H3. The Balaban J connectivity index is 4.62. The van der Waals surface area contributed by atoms with Crippen molar-refractivity contribution in [2.24, 2.45) is 0 Å². The average molecular weight is 276 g/mol. The molecule has 0 bridgehead atoms. The molecular formula is C14H33NO2Si. The number of hydrogen-bond acceptors (Lipinski definition) is 3. The second-order valence-electron chi connectivity index (χ2n) is 6.27. The first kappa shape index (κ1) is 18.1. The van der Waals surface area contributed by atoms with Gasteiger partial charge in [0.15, 0.2) is 0 Å². The van der Waals surface area contributed by atoms with E-state index in [-0.39, 0.29) is 11.2 Å². The molecule has 0 heterocycles. The fourth-order valence-corrected chi connectivity index (χ4v) is 3.57. The molecule has 0 saturated heterocycles. The van der Waals surface area contributed by atoms with E-state index in [4.69, 9.17) is 8.85 Å². The third kappa shape index (κ3) is 7.51. The highest BCUT2D eigenvalue weighted by atomic mass is 28.3. The maximum Gasteiger partial charge on any atom is 0.409 e. The number of hydrogen-bond donors (Lipinski definition) is 1. The molecule has 0 aliphatic carbocycles. The van der Waals surface area contributed by atoms with Crippen LogP contribution in [0.2, 0.25) is 0 Å². The lowest BCUT2D eigenvalue weighted by molar-refractivity contribution is 0.00701. The normalized spacial score (nSPS) is 15.2. The fourth-order valence-electron chi connectivity index (χ4n) is 1.19. The topological polar surface area (TPSA) is 30.5 Å². The molecule has 18 heavy (non-hydrogen) atoms. The van der Waals surface area contributed by atoms with Gasteiger partial charge in [0.2, 0.25) is 0 Å². The van der Waals surface area contributed by atoms with Crippen LogP contribution in [-0.2, 0) is 8.85 Å². The fraction of sp³-hybridized carbons (Fsp3) is 1.00. The van der Waals surface area contributed by atoms with E-state index in [1.54, 1.807) is 0 Å². The maximum atomic E-state index is 6.20. The molecule has 0 aromatic carbocycles. The van der Waals surface area contributed by atoms with E-state index in [2.05, 4.69) is 60.4 Å². The van der Waals surface area contributed by atoms with Gasteiger partial charge >= 0.3 is 9.45 Å². The predicted octanol–water partition coefficient (Wildman–Crippen LogP) is 3.50. The van der Waals surface area contributed by atoms with Crippen LogP contribution in [-0.4, -0.2) is 26.7 Å². The Morgan fingerprint density at radius 3 is 1.61 bits per heavy atom. The first-order valence-corrected chi connectivity index (χ1v) is 8.79. The van der Waals surface area contributed by atoms with Gasteiger partial charge in [-0.1, -0.05) is 27.7 Å². The molecule has 3 nitrogen and oxygen atoms in total. The number of rotatable bonds is 9. The van der Waals surface area contributed by atoms with Gasteiger partial charge in [-0.2, -0.15) is 0 Å². The van der Waals surface area contributed by atoms with Gasteiger partial charge in [-0.3, -0.25) is 4.98 Å². The van der Waals surface area contributed by atoms with E-state index in [1.807, 2.05) is 0 Å². The summed E-state index contributed by atoms with van der Waals surface area (Å²) in [5.74, 6) is 0. The molecule has 0 saturated carbocycles. The van der Waals surface area contributed by atoms with E-state index in [1.165, 1.54) is 0 Å². The molecule has 0 amide bonds. The van der Waals surface area contributed by atoms with Crippen LogP contribution in [0.3, 0.4) is 0 Å². The summed E-state index contributed by atoms with van der Waals surface area (Å²) in [6.45, 7) is 17.2. The quantitative estimate of drug-likeness (QED) is 0.653. The average Bonchev–Trinajstić information content (AvgIpc) is 2.27. The SMILES string of the molecule is CCC(C)N[SiH](OC(C)(C)CC)OC(C)(C)CC. The van der Waals surface area contributed by atoms with Crippen molar-refractivity contribution in [1.29, 1.82) is 0 Å². The second-order valence-corrected chi connectivity index (χ2v) is 7.74. The zero-order valence-corrected chi connectivity index (χ0v) is 14.7. The summed E-state index contributed by atoms with van der Waals surface area (Å²) < 4.78 is 12.4. The van der Waals surface area contributed by atoms with Crippen molar-refractivity contribution in [3.8, 4) is 0 Å². The van der Waals surface area contributed by atoms with Crippen LogP contribution in [0, 0.1) is 0 Å². The largest absolute Gasteiger partial charge is 0.409 e. The maximum absolute atomic E-state index is 6.20. The Bertz CT molecular complexity index is 214. The third-order valence-corrected chi connectivity index (χ3v) is 6.13. The Labute approximate surface area is 116 Å². The van der Waals surface area contributed by atoms with Gasteiger partial charge in [0, 0.05) is 6.04 Å². The molecule has 1 unspecified atom stereocenters. The zero-order valence-electron chi connectivity index (χ0n) is 13.6. The van der Waals surface area contributed by atoms with Gasteiger partial charge in [0.25, 0.3) is 0 Å². The van der Waals surface area contributed by atoms with Gasteiger partial charge < -0.3 is 8.85 Å². The first-order valence-electron chi connectivity index (χ1n) is 7.27. The van der Waals surface area contributed by atoms with Crippen LogP contribution in [0.15, 0.2) is 0 Å². The predicted molar refractivity (Wildman–Crippen MR) is 80.9 cm³/mol. The van der Waals surface area contributed by atoms with Crippen molar-refractivity contribution in [2.75, 3.05) is 0 Å². The lowest BCUT2D eigenvalue weighted by atomic mass is 10.1. The highest BCUT2D eigenvalue weighted by Crippen LogP contribution is 2.20. The Kier molecular flexibility index (Phi) is 7.67. The van der Waals surface area contributed by atoms with Crippen LogP contribution >= 0.6 is 0 Å². The zero-order chi connectivity index (χ0) is 14.4. The van der Waals surface area contributed by atoms with E-state index in [0.29, 0.717) is 6.04 Å². The summed E-state index contributed by atoms with van der Waals surface area (Å²) in [4.78, 5) is 3.54. The minimum absolute atomic E-state index is 0.110. The molecule has 1 N–H and O–H groups in total. The molecule has 0 aromatic heterocycles. The lowest BCUT2D eigenvalue weighted by Crippen LogP contribution is -2.52. The van der Waals surface area contributed by atoms with Crippen molar-refractivity contribution >= 4 is 9.45 Å². The molecule has 0 radical (unpaired) electrons. The molecule has 0 aromatic rings. The van der Waals surface area contributed by atoms with Gasteiger partial charge in [0.1, 0.15) is 0 Å². The van der Waals surface area contributed by atoms with Crippen molar-refractivity contribution in [2.45, 2.75) is 91.9 Å². The molecule has 110 valence electrons.